The van der Waals surface area contributed by atoms with Crippen LogP contribution in [0.25, 0.3) is 0 Å². The number of piperazine rings is 1. The van der Waals surface area contributed by atoms with Gasteiger partial charge in [-0.15, -0.1) is 0 Å². The summed E-state index contributed by atoms with van der Waals surface area (Å²) in [6.45, 7) is 2.55. The smallest absolute Gasteiger partial charge is 0.243 e. The van der Waals surface area contributed by atoms with Gasteiger partial charge in [-0.1, -0.05) is 11.6 Å². The molecule has 0 radical (unpaired) electrons. The summed E-state index contributed by atoms with van der Waals surface area (Å²) in [6.07, 6.45) is 0. The summed E-state index contributed by atoms with van der Waals surface area (Å²) in [5.74, 6) is 0. The van der Waals surface area contributed by atoms with E-state index >= 15 is 0 Å². The van der Waals surface area contributed by atoms with Crippen LogP contribution in [0.15, 0.2) is 27.6 Å². The van der Waals surface area contributed by atoms with Crippen LogP contribution in [0, 0.1) is 0 Å². The van der Waals surface area contributed by atoms with E-state index < -0.39 is 10.0 Å². The lowest BCUT2D eigenvalue weighted by molar-refractivity contribution is 0.222. The molecular weight excluding hydrogens is 340 g/mol. The third kappa shape index (κ3) is 2.88. The quantitative estimate of drug-likeness (QED) is 0.817. The molecule has 0 amide bonds. The fraction of sp³-hybridized carbons (Fsp3) is 0.455. The van der Waals surface area contributed by atoms with Crippen LogP contribution in [-0.4, -0.2) is 50.8 Å². The summed E-state index contributed by atoms with van der Waals surface area (Å²) in [5.41, 5.74) is 0. The summed E-state index contributed by atoms with van der Waals surface area (Å²) in [4.78, 5) is 2.36. The summed E-state index contributed by atoms with van der Waals surface area (Å²) in [6, 6.07) is 4.72. The zero-order valence-corrected chi connectivity index (χ0v) is 13.1. The van der Waals surface area contributed by atoms with Gasteiger partial charge in [0.05, 0.1) is 9.92 Å². The standard InChI is InChI=1S/C11H14BrClN2O2S/c1-14-4-6-15(7-5-14)18(16,17)9-2-3-10(12)11(13)8-9/h2-3,8H,4-7H2,1H3. The molecule has 7 heteroatoms. The van der Waals surface area contributed by atoms with Crippen molar-refractivity contribution in [2.45, 2.75) is 4.90 Å². The zero-order valence-electron chi connectivity index (χ0n) is 9.94. The SMILES string of the molecule is CN1CCN(S(=O)(=O)c2ccc(Br)c(Cl)c2)CC1. The fourth-order valence-electron chi connectivity index (χ4n) is 1.81. The Kier molecular flexibility index (Phi) is 4.33. The van der Waals surface area contributed by atoms with Crippen molar-refractivity contribution >= 4 is 37.6 Å². The Morgan fingerprint density at radius 2 is 1.83 bits per heavy atom. The molecule has 0 spiro atoms. The highest BCUT2D eigenvalue weighted by Crippen LogP contribution is 2.27. The molecule has 18 heavy (non-hydrogen) atoms. The first-order valence-corrected chi connectivity index (χ1v) is 8.16. The van der Waals surface area contributed by atoms with E-state index in [0.717, 1.165) is 13.1 Å². The van der Waals surface area contributed by atoms with Crippen LogP contribution < -0.4 is 0 Å². The van der Waals surface area contributed by atoms with Crippen LogP contribution in [0.5, 0.6) is 0 Å². The maximum absolute atomic E-state index is 12.4. The van der Waals surface area contributed by atoms with E-state index in [1.54, 1.807) is 12.1 Å². The van der Waals surface area contributed by atoms with Gasteiger partial charge in [-0.3, -0.25) is 0 Å². The van der Waals surface area contributed by atoms with Crippen molar-refractivity contribution in [2.24, 2.45) is 0 Å². The topological polar surface area (TPSA) is 40.6 Å². The van der Waals surface area contributed by atoms with Crippen molar-refractivity contribution in [1.29, 1.82) is 0 Å². The Bertz CT molecular complexity index is 542. The molecular formula is C11H14BrClN2O2S. The minimum atomic E-state index is -3.42. The Hall–Kier alpha value is -0.140. The Labute approximate surface area is 121 Å². The number of hydrogen-bond acceptors (Lipinski definition) is 3. The molecule has 4 nitrogen and oxygen atoms in total. The second-order valence-corrected chi connectivity index (χ2v) is 7.48. The van der Waals surface area contributed by atoms with Gasteiger partial charge < -0.3 is 4.90 Å². The van der Waals surface area contributed by atoms with Gasteiger partial charge in [0.15, 0.2) is 0 Å². The second kappa shape index (κ2) is 5.46. The molecule has 0 atom stereocenters. The zero-order chi connectivity index (χ0) is 13.3. The molecule has 100 valence electrons. The van der Waals surface area contributed by atoms with Crippen molar-refractivity contribution in [3.05, 3.63) is 27.7 Å². The highest BCUT2D eigenvalue weighted by molar-refractivity contribution is 9.10. The number of halogens is 2. The molecule has 0 aromatic heterocycles. The van der Waals surface area contributed by atoms with Crippen LogP contribution in [0.2, 0.25) is 5.02 Å². The molecule has 1 heterocycles. The molecule has 0 aliphatic carbocycles. The maximum atomic E-state index is 12.4. The van der Waals surface area contributed by atoms with Crippen LogP contribution >= 0.6 is 27.5 Å². The van der Waals surface area contributed by atoms with Gasteiger partial charge in [-0.2, -0.15) is 4.31 Å². The average Bonchev–Trinajstić information content (AvgIpc) is 2.33. The molecule has 0 N–H and O–H groups in total. The molecule has 0 unspecified atom stereocenters. The number of nitrogens with zero attached hydrogens (tertiary/aromatic N) is 2. The van der Waals surface area contributed by atoms with E-state index in [-0.39, 0.29) is 4.90 Å². The molecule has 1 fully saturated rings. The second-order valence-electron chi connectivity index (χ2n) is 4.28. The van der Waals surface area contributed by atoms with Gasteiger partial charge in [0.2, 0.25) is 10.0 Å². The largest absolute Gasteiger partial charge is 0.304 e. The van der Waals surface area contributed by atoms with Gasteiger partial charge in [0.1, 0.15) is 0 Å². The minimum Gasteiger partial charge on any atom is -0.304 e. The molecule has 1 aliphatic rings. The van der Waals surface area contributed by atoms with Gasteiger partial charge in [-0.25, -0.2) is 8.42 Å². The van der Waals surface area contributed by atoms with Crippen LogP contribution in [0.1, 0.15) is 0 Å². The van der Waals surface area contributed by atoms with Crippen molar-refractivity contribution < 1.29 is 8.42 Å². The van der Waals surface area contributed by atoms with Crippen molar-refractivity contribution in [1.82, 2.24) is 9.21 Å². The third-order valence-corrected chi connectivity index (χ3v) is 6.12. The van der Waals surface area contributed by atoms with Crippen LogP contribution in [0.3, 0.4) is 0 Å². The van der Waals surface area contributed by atoms with E-state index in [2.05, 4.69) is 20.8 Å². The minimum absolute atomic E-state index is 0.250. The number of likely N-dealkylation sites (N-methyl/N-ethyl adjacent to an activating group) is 1. The third-order valence-electron chi connectivity index (χ3n) is 2.99. The van der Waals surface area contributed by atoms with Crippen molar-refractivity contribution in [3.63, 3.8) is 0 Å². The maximum Gasteiger partial charge on any atom is 0.243 e. The normalized spacial score (nSPS) is 19.1. The van der Waals surface area contributed by atoms with Gasteiger partial charge in [0, 0.05) is 30.7 Å². The van der Waals surface area contributed by atoms with E-state index in [4.69, 9.17) is 11.6 Å². The number of rotatable bonds is 2. The number of benzene rings is 1. The van der Waals surface area contributed by atoms with Gasteiger partial charge in [0.25, 0.3) is 0 Å². The average molecular weight is 354 g/mol. The molecule has 2 rings (SSSR count). The van der Waals surface area contributed by atoms with E-state index in [1.807, 2.05) is 7.05 Å². The summed E-state index contributed by atoms with van der Waals surface area (Å²) in [7, 11) is -1.44. The number of sulfonamides is 1. The first kappa shape index (κ1) is 14.3. The van der Waals surface area contributed by atoms with Gasteiger partial charge in [-0.05, 0) is 41.2 Å². The van der Waals surface area contributed by atoms with Crippen molar-refractivity contribution in [2.75, 3.05) is 33.2 Å². The lowest BCUT2D eigenvalue weighted by Gasteiger charge is -2.31. The monoisotopic (exact) mass is 352 g/mol. The molecule has 1 aromatic rings. The lowest BCUT2D eigenvalue weighted by Crippen LogP contribution is -2.46. The summed E-state index contributed by atoms with van der Waals surface area (Å²) in [5, 5.41) is 0.408. The van der Waals surface area contributed by atoms with E-state index in [9.17, 15) is 8.42 Å². The van der Waals surface area contributed by atoms with Crippen LogP contribution in [-0.2, 0) is 10.0 Å². The first-order valence-electron chi connectivity index (χ1n) is 5.55. The molecule has 0 bridgehead atoms. The van der Waals surface area contributed by atoms with Crippen molar-refractivity contribution in [3.8, 4) is 0 Å². The Morgan fingerprint density at radius 1 is 1.22 bits per heavy atom. The van der Waals surface area contributed by atoms with E-state index in [0.29, 0.717) is 22.6 Å². The van der Waals surface area contributed by atoms with E-state index in [1.165, 1.54) is 10.4 Å². The highest BCUT2D eigenvalue weighted by Gasteiger charge is 2.27. The molecule has 1 aliphatic heterocycles. The summed E-state index contributed by atoms with van der Waals surface area (Å²) < 4.78 is 27.0. The Balaban J connectivity index is 2.27. The predicted octanol–water partition coefficient (Wildman–Crippen LogP) is 2.04. The van der Waals surface area contributed by atoms with Crippen LogP contribution in [0.4, 0.5) is 0 Å². The molecule has 1 saturated heterocycles. The highest BCUT2D eigenvalue weighted by atomic mass is 79.9. The Morgan fingerprint density at radius 3 is 2.39 bits per heavy atom. The first-order chi connectivity index (χ1) is 8.41. The fourth-order valence-corrected chi connectivity index (χ4v) is 3.76. The molecule has 0 saturated carbocycles. The lowest BCUT2D eigenvalue weighted by atomic mass is 10.4. The van der Waals surface area contributed by atoms with Gasteiger partial charge >= 0.3 is 0 Å². The predicted molar refractivity (Wildman–Crippen MR) is 75.4 cm³/mol. The number of hydrogen-bond donors (Lipinski definition) is 0. The molecule has 1 aromatic carbocycles. The summed E-state index contributed by atoms with van der Waals surface area (Å²) >= 11 is 9.20.